The van der Waals surface area contributed by atoms with Gasteiger partial charge in [0.25, 0.3) is 0 Å². The first-order valence-corrected chi connectivity index (χ1v) is 42.1. The summed E-state index contributed by atoms with van der Waals surface area (Å²) < 4.78 is 90.0. The Balaban J connectivity index is 0.000000287. The van der Waals surface area contributed by atoms with Gasteiger partial charge < -0.3 is 84.8 Å². The van der Waals surface area contributed by atoms with E-state index in [4.69, 9.17) is 33.2 Å². The van der Waals surface area contributed by atoms with E-state index in [0.717, 1.165) is 53.2 Å². The number of urea groups is 2. The monoisotopic (exact) mass is 1660 g/mol. The van der Waals surface area contributed by atoms with E-state index in [1.165, 1.54) is 71.6 Å². The van der Waals surface area contributed by atoms with Crippen LogP contribution < -0.4 is 85.5 Å². The molecule has 34 nitrogen and oxygen atoms in total. The smallest absolute Gasteiger partial charge is 0.543 e. The third-order valence-corrected chi connectivity index (χ3v) is 24.6. The molecule has 116 heavy (non-hydrogen) atoms. The minimum Gasteiger partial charge on any atom is -0.543 e. The molecule has 630 valence electrons. The first-order chi connectivity index (χ1) is 54.1. The molecule has 4 aliphatic heterocycles. The van der Waals surface area contributed by atoms with E-state index in [9.17, 15) is 69.9 Å². The van der Waals surface area contributed by atoms with Crippen LogP contribution in [-0.2, 0) is 63.0 Å². The third-order valence-electron chi connectivity index (χ3n) is 22.1. The Hall–Kier alpha value is -8.94. The van der Waals surface area contributed by atoms with Crippen molar-refractivity contribution in [3.8, 4) is 23.0 Å². The van der Waals surface area contributed by atoms with Crippen LogP contribution in [0.4, 0.5) is 9.59 Å². The number of esters is 3. The Morgan fingerprint density at radius 2 is 0.966 bits per heavy atom. The number of aromatic nitrogens is 2. The Kier molecular flexibility index (Phi) is 30.8. The van der Waals surface area contributed by atoms with Gasteiger partial charge in [0.05, 0.1) is 83.8 Å². The first-order valence-electron chi connectivity index (χ1n) is 38.4. The van der Waals surface area contributed by atoms with Crippen molar-refractivity contribution in [3.05, 3.63) is 84.2 Å². The summed E-state index contributed by atoms with van der Waals surface area (Å²) in [5.74, 6) is -5.05. The van der Waals surface area contributed by atoms with Gasteiger partial charge in [-0.3, -0.25) is 19.2 Å². The number of rotatable bonds is 20. The molecule has 6 heterocycles. The van der Waals surface area contributed by atoms with Gasteiger partial charge >= 0.3 is 59.5 Å². The summed E-state index contributed by atoms with van der Waals surface area (Å²) in [5, 5.41) is 30.1. The van der Waals surface area contributed by atoms with E-state index < -0.39 is 156 Å². The van der Waals surface area contributed by atoms with Gasteiger partial charge in [-0.25, -0.2) is 59.4 Å². The molecule has 6 aliphatic rings. The number of sulfonamides is 2. The van der Waals surface area contributed by atoms with E-state index in [2.05, 4.69) is 41.9 Å². The molecule has 8 amide bonds. The topological polar surface area (TPSA) is 438 Å². The van der Waals surface area contributed by atoms with Crippen molar-refractivity contribution in [2.24, 2.45) is 22.7 Å². The quantitative estimate of drug-likeness (QED) is 0.0315. The number of nitrogens with zero attached hydrogens (tertiary/aromatic N) is 6. The van der Waals surface area contributed by atoms with Crippen LogP contribution in [0.1, 0.15) is 152 Å². The normalized spacial score (nSPS) is 25.1. The summed E-state index contributed by atoms with van der Waals surface area (Å²) in [5.41, 5.74) is -3.54. The van der Waals surface area contributed by atoms with Gasteiger partial charge in [0.2, 0.25) is 43.7 Å². The molecule has 4 aromatic rings. The number of nitrogens with one attached hydrogen (secondary N) is 6. The van der Waals surface area contributed by atoms with E-state index in [-0.39, 0.29) is 116 Å². The maximum atomic E-state index is 14.7. The number of carbonyl (C=O) groups excluding carboxylic acids is 10. The molecule has 6 N–H and O–H groups in total. The van der Waals surface area contributed by atoms with Crippen molar-refractivity contribution < 1.29 is 133 Å². The standard InChI is InChI=1S/C40H56N6O11S.C39H54N6O11S.Na/c1-39(2,3)33(23-45(4)58(8,52)53)43-38(51)42-28-15-13-11-9-10-12-14-24-21-40(24,37(50)56-7)44-34(47)31-19-26(22-46(31)35(28)48)57-32-20-30(36(49)55-6)41-29-18-25(54-5)16-17-27(29)32;1-38(2,3)32(22-44(4)57(7,52)53)42-37(51)41-27-14-12-10-8-9-11-13-23-20-39(23,36(50)55-6)43-33(46)30-18-25(21-45(30)34(27)47)56-31-19-29(35(48)49)40-28-17-24(54-5)15-16-26(28)31;/h12,14,16-18,20,24,26,28,31,33H,9-11,13,15,19,21-23H2,1-8H3,(H,44,47)(H2,42,43,51);11,13,15-17,19,23,25,27,30,32H,8-10,12,14,18,20-22H2,1-7H3,(H,43,46)(H,48,49)(H2,41,42,51);/q;;+1/p-1/b14-12-;13-11-;/t24?,26-,28+,31+,33-,40-;23?,25-,27+,30+,32-,39-;/m11./s1. The summed E-state index contributed by atoms with van der Waals surface area (Å²) in [7, 11) is 2.43. The number of hydrogen-bond acceptors (Lipinski definition) is 24. The zero-order chi connectivity index (χ0) is 84.4. The van der Waals surface area contributed by atoms with Gasteiger partial charge in [-0.05, 0) is 86.5 Å². The molecule has 0 spiro atoms. The molecule has 2 aliphatic carbocycles. The molecular weight excluding hydrogens is 1560 g/mol. The predicted octanol–water partition coefficient (Wildman–Crippen LogP) is 1.42. The summed E-state index contributed by atoms with van der Waals surface area (Å²) in [6, 6.07) is 5.47. The number of fused-ring (bicyclic) bond motifs is 6. The van der Waals surface area contributed by atoms with Gasteiger partial charge in [-0.15, -0.1) is 0 Å². The largest absolute Gasteiger partial charge is 1.00 e. The number of carbonyl (C=O) groups is 10. The molecule has 10 rings (SSSR count). The maximum absolute atomic E-state index is 14.7. The molecule has 0 bridgehead atoms. The number of allylic oxidation sites excluding steroid dienone is 2. The number of amides is 8. The average Bonchev–Trinajstić information content (AvgIpc) is 1.58. The minimum absolute atomic E-state index is 0. The molecule has 12 atom stereocenters. The van der Waals surface area contributed by atoms with Crippen LogP contribution in [0.5, 0.6) is 23.0 Å². The molecule has 2 saturated carbocycles. The minimum atomic E-state index is -3.56. The Morgan fingerprint density at radius 3 is 1.32 bits per heavy atom. The van der Waals surface area contributed by atoms with Crippen LogP contribution in [0.2, 0.25) is 0 Å². The fourth-order valence-corrected chi connectivity index (χ4v) is 15.5. The predicted molar refractivity (Wildman–Crippen MR) is 420 cm³/mol. The average molecular weight is 1670 g/mol. The molecule has 0 radical (unpaired) electrons. The van der Waals surface area contributed by atoms with Crippen LogP contribution in [0.15, 0.2) is 72.8 Å². The van der Waals surface area contributed by atoms with Crippen molar-refractivity contribution in [1.29, 1.82) is 0 Å². The number of methoxy groups -OCH3 is 5. The Labute approximate surface area is 699 Å². The zero-order valence-electron chi connectivity index (χ0n) is 68.9. The molecule has 2 unspecified atom stereocenters. The number of carboxylic acids is 1. The summed E-state index contributed by atoms with van der Waals surface area (Å²) >= 11 is 0. The zero-order valence-corrected chi connectivity index (χ0v) is 72.5. The number of ether oxygens (including phenoxy) is 7. The summed E-state index contributed by atoms with van der Waals surface area (Å²) in [4.78, 5) is 148. The molecule has 37 heteroatoms. The number of aromatic carboxylic acids is 1. The second kappa shape index (κ2) is 38.6. The van der Waals surface area contributed by atoms with E-state index in [1.807, 2.05) is 65.8 Å². The molecule has 4 fully saturated rings. The Bertz CT molecular complexity index is 4640. The van der Waals surface area contributed by atoms with E-state index in [0.29, 0.717) is 59.9 Å². The number of pyridine rings is 2. The van der Waals surface area contributed by atoms with Gasteiger partial charge in [0, 0.05) is 99.0 Å². The number of carboxylic acid groups (broad SMARTS) is 1. The van der Waals surface area contributed by atoms with Crippen molar-refractivity contribution >= 4 is 101 Å². The molecular formula is C79H109N12NaO22S2. The maximum Gasteiger partial charge on any atom is 1.00 e. The van der Waals surface area contributed by atoms with Crippen LogP contribution in [-0.4, -0.2) is 253 Å². The van der Waals surface area contributed by atoms with Crippen LogP contribution >= 0.6 is 0 Å². The van der Waals surface area contributed by atoms with Gasteiger partial charge in [-0.2, -0.15) is 0 Å². The van der Waals surface area contributed by atoms with Gasteiger partial charge in [0.1, 0.15) is 70.5 Å². The van der Waals surface area contributed by atoms with E-state index in [1.54, 1.807) is 36.4 Å². The van der Waals surface area contributed by atoms with Gasteiger partial charge in [0.15, 0.2) is 5.69 Å². The van der Waals surface area contributed by atoms with Crippen molar-refractivity contribution in [1.82, 2.24) is 60.3 Å². The number of likely N-dealkylation sites (N-methyl/N-ethyl adjacent to an activating group) is 2. The third kappa shape index (κ3) is 22.9. The second-order valence-corrected chi connectivity index (χ2v) is 36.6. The SMILES string of the molecule is COC(=O)[C@@]12CC1/C=C\CCCCC[C@H](NC(=O)N[C@H](CN(C)S(C)(=O)=O)C(C)(C)C)C(=O)N1C[C@H](Oc3cc(C(=O)[O-])nc4cc(OC)ccc34)C[C@H]1C(=O)N2.COC(=O)c1cc(O[C@@H]2C[C@H]3C(=O)N[C@]4(C(=O)OC)CC4/C=C\CCCCC[C@H](NC(=O)N[C@H](CN(C)S(C)(=O)=O)C(C)(C)C)C(=O)N3C2)c2ccc(OC)cc2n1.[Na+]. The van der Waals surface area contributed by atoms with Crippen LogP contribution in [0, 0.1) is 22.7 Å². The van der Waals surface area contributed by atoms with Crippen LogP contribution in [0.3, 0.4) is 0 Å². The van der Waals surface area contributed by atoms with Crippen molar-refractivity contribution in [2.45, 2.75) is 191 Å². The Morgan fingerprint density at radius 1 is 0.578 bits per heavy atom. The van der Waals surface area contributed by atoms with Gasteiger partial charge in [-0.1, -0.05) is 91.5 Å². The molecule has 2 aromatic heterocycles. The fourth-order valence-electron chi connectivity index (χ4n) is 14.7. The van der Waals surface area contributed by atoms with Crippen molar-refractivity contribution in [3.63, 3.8) is 0 Å². The molecule has 2 aromatic carbocycles. The molecule has 2 saturated heterocycles. The van der Waals surface area contributed by atoms with E-state index >= 15 is 0 Å². The summed E-state index contributed by atoms with van der Waals surface area (Å²) in [6.45, 7) is 10.9. The summed E-state index contributed by atoms with van der Waals surface area (Å²) in [6.07, 6.45) is 15.0. The second-order valence-electron chi connectivity index (χ2n) is 32.4. The first kappa shape index (κ1) is 92.6. The fraction of sp³-hybridized carbons (Fsp3) is 0.595. The van der Waals surface area contributed by atoms with Crippen molar-refractivity contribution in [2.75, 3.05) is 88.3 Å². The number of hydrogen-bond donors (Lipinski definition) is 6. The van der Waals surface area contributed by atoms with Crippen LogP contribution in [0.25, 0.3) is 21.8 Å². The number of benzene rings is 2.